The van der Waals surface area contributed by atoms with Gasteiger partial charge >= 0.3 is 0 Å². The van der Waals surface area contributed by atoms with E-state index < -0.39 is 0 Å². The Morgan fingerprint density at radius 3 is 2.45 bits per heavy atom. The summed E-state index contributed by atoms with van der Waals surface area (Å²) in [7, 11) is 3.25. The maximum atomic E-state index is 12.5. The average molecular weight is 305 g/mol. The number of rotatable bonds is 8. The van der Waals surface area contributed by atoms with Crippen molar-refractivity contribution in [2.75, 3.05) is 20.8 Å². The molecule has 0 bridgehead atoms. The summed E-state index contributed by atoms with van der Waals surface area (Å²) < 4.78 is 10.5. The lowest BCUT2D eigenvalue weighted by Gasteiger charge is -2.24. The highest BCUT2D eigenvalue weighted by molar-refractivity contribution is 5.77. The van der Waals surface area contributed by atoms with Crippen LogP contribution in [0.3, 0.4) is 0 Å². The van der Waals surface area contributed by atoms with Crippen LogP contribution in [-0.4, -0.2) is 37.6 Å². The second-order valence-electron chi connectivity index (χ2n) is 6.36. The lowest BCUT2D eigenvalue weighted by Crippen LogP contribution is -2.36. The number of aryl methyl sites for hydroxylation is 1. The van der Waals surface area contributed by atoms with Gasteiger partial charge in [0, 0.05) is 19.0 Å². The number of amides is 1. The Morgan fingerprint density at radius 2 is 1.91 bits per heavy atom. The second kappa shape index (κ2) is 7.52. The summed E-state index contributed by atoms with van der Waals surface area (Å²) in [5, 5.41) is 0. The zero-order chi connectivity index (χ0) is 16.1. The van der Waals surface area contributed by atoms with Crippen LogP contribution in [0.15, 0.2) is 18.2 Å². The van der Waals surface area contributed by atoms with E-state index in [9.17, 15) is 4.79 Å². The molecule has 0 aliphatic heterocycles. The number of nitrogens with zero attached hydrogens (tertiary/aromatic N) is 1. The molecule has 1 aromatic rings. The molecule has 0 N–H and O–H groups in total. The fourth-order valence-corrected chi connectivity index (χ4v) is 2.67. The number of hydrogen-bond donors (Lipinski definition) is 0. The van der Waals surface area contributed by atoms with E-state index in [-0.39, 0.29) is 5.91 Å². The Hall–Kier alpha value is -1.71. The molecule has 2 rings (SSSR count). The molecule has 0 heterocycles. The standard InChI is InChI=1S/C18H27NO3/c1-13(2)12-19(15-7-8-15)18(20)10-6-14-5-9-16(21-3)17(11-14)22-4/h5,9,11,13,15H,6-8,10,12H2,1-4H3. The van der Waals surface area contributed by atoms with Gasteiger partial charge in [-0.15, -0.1) is 0 Å². The predicted molar refractivity (Wildman–Crippen MR) is 87.4 cm³/mol. The van der Waals surface area contributed by atoms with Crippen LogP contribution in [-0.2, 0) is 11.2 Å². The third kappa shape index (κ3) is 4.39. The minimum atomic E-state index is 0.269. The molecular formula is C18H27NO3. The monoisotopic (exact) mass is 305 g/mol. The summed E-state index contributed by atoms with van der Waals surface area (Å²) in [6, 6.07) is 6.33. The molecular weight excluding hydrogens is 278 g/mol. The Labute approximate surface area is 133 Å². The van der Waals surface area contributed by atoms with Crippen molar-refractivity contribution < 1.29 is 14.3 Å². The summed E-state index contributed by atoms with van der Waals surface area (Å²) in [5.41, 5.74) is 1.10. The number of carbonyl (C=O) groups excluding carboxylic acids is 1. The molecule has 1 aliphatic carbocycles. The van der Waals surface area contributed by atoms with E-state index >= 15 is 0 Å². The highest BCUT2D eigenvalue weighted by Gasteiger charge is 2.32. The van der Waals surface area contributed by atoms with Crippen molar-refractivity contribution in [1.29, 1.82) is 0 Å². The van der Waals surface area contributed by atoms with Crippen LogP contribution in [0.1, 0.15) is 38.7 Å². The lowest BCUT2D eigenvalue weighted by molar-refractivity contribution is -0.132. The average Bonchev–Trinajstić information content (AvgIpc) is 3.34. The normalized spacial score (nSPS) is 14.0. The number of benzene rings is 1. The molecule has 0 saturated heterocycles. The van der Waals surface area contributed by atoms with Crippen molar-refractivity contribution in [3.05, 3.63) is 23.8 Å². The Morgan fingerprint density at radius 1 is 1.23 bits per heavy atom. The molecule has 22 heavy (non-hydrogen) atoms. The smallest absolute Gasteiger partial charge is 0.223 e. The number of hydrogen-bond acceptors (Lipinski definition) is 3. The highest BCUT2D eigenvalue weighted by Crippen LogP contribution is 2.30. The minimum absolute atomic E-state index is 0.269. The summed E-state index contributed by atoms with van der Waals surface area (Å²) in [4.78, 5) is 14.6. The minimum Gasteiger partial charge on any atom is -0.493 e. The molecule has 0 spiro atoms. The van der Waals surface area contributed by atoms with Crippen LogP contribution < -0.4 is 9.47 Å². The van der Waals surface area contributed by atoms with Crippen LogP contribution in [0.5, 0.6) is 11.5 Å². The summed E-state index contributed by atoms with van der Waals surface area (Å²) in [6.07, 6.45) is 3.61. The first-order chi connectivity index (χ1) is 10.5. The fourth-order valence-electron chi connectivity index (χ4n) is 2.67. The lowest BCUT2D eigenvalue weighted by atomic mass is 10.1. The van der Waals surface area contributed by atoms with Gasteiger partial charge in [-0.05, 0) is 42.9 Å². The van der Waals surface area contributed by atoms with E-state index in [1.54, 1.807) is 14.2 Å². The van der Waals surface area contributed by atoms with Crippen molar-refractivity contribution in [2.45, 2.75) is 45.6 Å². The van der Waals surface area contributed by atoms with Gasteiger partial charge in [0.05, 0.1) is 14.2 Å². The van der Waals surface area contributed by atoms with Crippen LogP contribution in [0.2, 0.25) is 0 Å². The van der Waals surface area contributed by atoms with Crippen LogP contribution >= 0.6 is 0 Å². The molecule has 1 amide bonds. The molecule has 0 atom stereocenters. The van der Waals surface area contributed by atoms with Gasteiger partial charge in [0.2, 0.25) is 5.91 Å². The quantitative estimate of drug-likeness (QED) is 0.740. The SMILES string of the molecule is COc1ccc(CCC(=O)N(CC(C)C)C2CC2)cc1OC. The van der Waals surface area contributed by atoms with Gasteiger partial charge in [-0.3, -0.25) is 4.79 Å². The summed E-state index contributed by atoms with van der Waals surface area (Å²) in [6.45, 7) is 5.20. The molecule has 1 aliphatic rings. The van der Waals surface area contributed by atoms with Crippen molar-refractivity contribution in [3.8, 4) is 11.5 Å². The van der Waals surface area contributed by atoms with E-state index in [1.165, 1.54) is 0 Å². The second-order valence-corrected chi connectivity index (χ2v) is 6.36. The first-order valence-corrected chi connectivity index (χ1v) is 8.05. The Balaban J connectivity index is 1.95. The zero-order valence-corrected chi connectivity index (χ0v) is 14.1. The van der Waals surface area contributed by atoms with E-state index in [2.05, 4.69) is 18.7 Å². The van der Waals surface area contributed by atoms with Crippen LogP contribution in [0.4, 0.5) is 0 Å². The van der Waals surface area contributed by atoms with Crippen molar-refractivity contribution in [3.63, 3.8) is 0 Å². The molecule has 0 unspecified atom stereocenters. The molecule has 1 aromatic carbocycles. The molecule has 4 heteroatoms. The van der Waals surface area contributed by atoms with Gasteiger partial charge in [-0.25, -0.2) is 0 Å². The molecule has 0 aromatic heterocycles. The van der Waals surface area contributed by atoms with E-state index in [4.69, 9.17) is 9.47 Å². The zero-order valence-electron chi connectivity index (χ0n) is 14.1. The van der Waals surface area contributed by atoms with Crippen LogP contribution in [0, 0.1) is 5.92 Å². The van der Waals surface area contributed by atoms with Gasteiger partial charge in [-0.2, -0.15) is 0 Å². The molecule has 1 fully saturated rings. The largest absolute Gasteiger partial charge is 0.493 e. The molecule has 4 nitrogen and oxygen atoms in total. The maximum Gasteiger partial charge on any atom is 0.223 e. The fraction of sp³-hybridized carbons (Fsp3) is 0.611. The summed E-state index contributed by atoms with van der Waals surface area (Å²) >= 11 is 0. The Kier molecular flexibility index (Phi) is 5.69. The first kappa shape index (κ1) is 16.7. The molecule has 0 radical (unpaired) electrons. The van der Waals surface area contributed by atoms with Crippen LogP contribution in [0.25, 0.3) is 0 Å². The molecule has 1 saturated carbocycles. The topological polar surface area (TPSA) is 38.8 Å². The maximum absolute atomic E-state index is 12.5. The van der Waals surface area contributed by atoms with Crippen molar-refractivity contribution in [1.82, 2.24) is 4.90 Å². The van der Waals surface area contributed by atoms with E-state index in [1.807, 2.05) is 18.2 Å². The summed E-state index contributed by atoms with van der Waals surface area (Å²) in [5.74, 6) is 2.22. The highest BCUT2D eigenvalue weighted by atomic mass is 16.5. The predicted octanol–water partition coefficient (Wildman–Crippen LogP) is 3.28. The van der Waals surface area contributed by atoms with Crippen molar-refractivity contribution >= 4 is 5.91 Å². The van der Waals surface area contributed by atoms with Gasteiger partial charge in [0.15, 0.2) is 11.5 Å². The van der Waals surface area contributed by atoms with E-state index in [0.717, 1.165) is 37.1 Å². The number of ether oxygens (including phenoxy) is 2. The van der Waals surface area contributed by atoms with Gasteiger partial charge in [-0.1, -0.05) is 19.9 Å². The van der Waals surface area contributed by atoms with Gasteiger partial charge in [0.1, 0.15) is 0 Å². The van der Waals surface area contributed by atoms with Crippen molar-refractivity contribution in [2.24, 2.45) is 5.92 Å². The van der Waals surface area contributed by atoms with Gasteiger partial charge in [0.25, 0.3) is 0 Å². The number of carbonyl (C=O) groups is 1. The van der Waals surface area contributed by atoms with Gasteiger partial charge < -0.3 is 14.4 Å². The number of methoxy groups -OCH3 is 2. The third-order valence-electron chi connectivity index (χ3n) is 3.95. The first-order valence-electron chi connectivity index (χ1n) is 8.05. The molecule has 122 valence electrons. The Bertz CT molecular complexity index is 509. The van der Waals surface area contributed by atoms with E-state index in [0.29, 0.717) is 24.1 Å². The third-order valence-corrected chi connectivity index (χ3v) is 3.95.